The lowest BCUT2D eigenvalue weighted by molar-refractivity contribution is 0.617. The Hall–Kier alpha value is -0.900. The molecule has 1 N–H and O–H groups in total. The number of aromatic nitrogens is 2. The molecule has 3 nitrogen and oxygen atoms in total. The van der Waals surface area contributed by atoms with E-state index in [1.165, 1.54) is 6.33 Å². The predicted octanol–water partition coefficient (Wildman–Crippen LogP) is 1.84. The Labute approximate surface area is 74.0 Å². The van der Waals surface area contributed by atoms with Gasteiger partial charge in [-0.1, -0.05) is 11.6 Å². The van der Waals surface area contributed by atoms with Crippen molar-refractivity contribution in [3.05, 3.63) is 17.3 Å². The van der Waals surface area contributed by atoms with Gasteiger partial charge in [-0.05, 0) is 12.8 Å². The number of halogens is 2. The highest BCUT2D eigenvalue weighted by Gasteiger charge is 2.23. The summed E-state index contributed by atoms with van der Waals surface area (Å²) in [5.41, 5.74) is 0. The van der Waals surface area contributed by atoms with Crippen LogP contribution in [0.3, 0.4) is 0 Å². The number of anilines is 1. The minimum atomic E-state index is -0.564. The van der Waals surface area contributed by atoms with Crippen molar-refractivity contribution in [2.45, 2.75) is 18.9 Å². The predicted molar refractivity (Wildman–Crippen MR) is 43.6 cm³/mol. The molecule has 1 aromatic heterocycles. The third kappa shape index (κ3) is 1.48. The van der Waals surface area contributed by atoms with Gasteiger partial charge in [-0.2, -0.15) is 4.39 Å². The van der Waals surface area contributed by atoms with Crippen LogP contribution in [0.25, 0.3) is 0 Å². The molecular weight excluding hydrogens is 181 g/mol. The van der Waals surface area contributed by atoms with Crippen LogP contribution in [0.15, 0.2) is 6.33 Å². The molecule has 0 bridgehead atoms. The summed E-state index contributed by atoms with van der Waals surface area (Å²) < 4.78 is 13.1. The highest BCUT2D eigenvalue weighted by molar-refractivity contribution is 6.29. The van der Waals surface area contributed by atoms with Crippen molar-refractivity contribution in [3.8, 4) is 0 Å². The Balaban J connectivity index is 2.23. The average molecular weight is 188 g/mol. The molecule has 0 aromatic carbocycles. The highest BCUT2D eigenvalue weighted by Crippen LogP contribution is 2.26. The van der Waals surface area contributed by atoms with E-state index in [2.05, 4.69) is 15.3 Å². The van der Waals surface area contributed by atoms with E-state index < -0.39 is 5.82 Å². The monoisotopic (exact) mass is 187 g/mol. The summed E-state index contributed by atoms with van der Waals surface area (Å²) in [7, 11) is 0. The molecule has 1 aliphatic carbocycles. The van der Waals surface area contributed by atoms with Crippen LogP contribution in [-0.2, 0) is 0 Å². The zero-order chi connectivity index (χ0) is 8.55. The molecule has 2 rings (SSSR count). The van der Waals surface area contributed by atoms with Crippen molar-refractivity contribution in [1.82, 2.24) is 9.97 Å². The Morgan fingerprint density at radius 2 is 2.25 bits per heavy atom. The summed E-state index contributed by atoms with van der Waals surface area (Å²) in [5, 5.41) is 2.78. The van der Waals surface area contributed by atoms with Gasteiger partial charge in [0.2, 0.25) is 5.82 Å². The highest BCUT2D eigenvalue weighted by atomic mass is 35.5. The molecule has 1 aromatic rings. The van der Waals surface area contributed by atoms with Crippen LogP contribution in [0.5, 0.6) is 0 Å². The van der Waals surface area contributed by atoms with E-state index in [0.717, 1.165) is 12.8 Å². The van der Waals surface area contributed by atoms with Gasteiger partial charge in [0.05, 0.1) is 0 Å². The summed E-state index contributed by atoms with van der Waals surface area (Å²) in [6, 6.07) is 0.366. The van der Waals surface area contributed by atoms with Crippen LogP contribution in [0.1, 0.15) is 12.8 Å². The maximum absolute atomic E-state index is 13.1. The normalized spacial score (nSPS) is 16.2. The van der Waals surface area contributed by atoms with Gasteiger partial charge in [-0.15, -0.1) is 0 Å². The largest absolute Gasteiger partial charge is 0.365 e. The average Bonchev–Trinajstić information content (AvgIpc) is 2.83. The molecule has 0 atom stereocenters. The smallest absolute Gasteiger partial charge is 0.202 e. The molecule has 12 heavy (non-hydrogen) atoms. The third-order valence-corrected chi connectivity index (χ3v) is 1.93. The standard InChI is InChI=1S/C7H7ClFN3/c8-6-5(9)7(11-3-10-6)12-4-1-2-4/h3-4H,1-2H2,(H,10,11,12). The topological polar surface area (TPSA) is 37.8 Å². The molecule has 0 unspecified atom stereocenters. The van der Waals surface area contributed by atoms with E-state index in [1.807, 2.05) is 0 Å². The van der Waals surface area contributed by atoms with Gasteiger partial charge in [0, 0.05) is 6.04 Å². The first-order valence-corrected chi connectivity index (χ1v) is 4.07. The second-order valence-corrected chi connectivity index (χ2v) is 3.10. The van der Waals surface area contributed by atoms with Gasteiger partial charge in [0.25, 0.3) is 0 Å². The number of nitrogens with zero attached hydrogens (tertiary/aromatic N) is 2. The molecule has 1 saturated carbocycles. The van der Waals surface area contributed by atoms with Crippen molar-refractivity contribution >= 4 is 17.4 Å². The molecule has 0 amide bonds. The molecule has 0 spiro atoms. The molecule has 1 heterocycles. The van der Waals surface area contributed by atoms with Gasteiger partial charge in [0.1, 0.15) is 6.33 Å². The number of hydrogen-bond acceptors (Lipinski definition) is 3. The molecule has 64 valence electrons. The summed E-state index contributed by atoms with van der Waals surface area (Å²) >= 11 is 5.45. The number of hydrogen-bond donors (Lipinski definition) is 1. The quantitative estimate of drug-likeness (QED) is 0.718. The summed E-state index contributed by atoms with van der Waals surface area (Å²) in [5.74, 6) is -0.358. The van der Waals surface area contributed by atoms with Gasteiger partial charge in [0.15, 0.2) is 11.0 Å². The van der Waals surface area contributed by atoms with Crippen LogP contribution in [-0.4, -0.2) is 16.0 Å². The maximum atomic E-state index is 13.1. The SMILES string of the molecule is Fc1c(Cl)ncnc1NC1CC1. The molecule has 0 radical (unpaired) electrons. The van der Waals surface area contributed by atoms with Crippen molar-refractivity contribution in [1.29, 1.82) is 0 Å². The van der Waals surface area contributed by atoms with Crippen molar-refractivity contribution < 1.29 is 4.39 Å². The third-order valence-electron chi connectivity index (χ3n) is 1.67. The maximum Gasteiger partial charge on any atom is 0.202 e. The van der Waals surface area contributed by atoms with E-state index in [4.69, 9.17) is 11.6 Å². The lowest BCUT2D eigenvalue weighted by atomic mass is 10.5. The zero-order valence-corrected chi connectivity index (χ0v) is 6.98. The van der Waals surface area contributed by atoms with Gasteiger partial charge >= 0.3 is 0 Å². The van der Waals surface area contributed by atoms with Crippen LogP contribution in [0, 0.1) is 5.82 Å². The van der Waals surface area contributed by atoms with Crippen molar-refractivity contribution in [2.24, 2.45) is 0 Å². The minimum Gasteiger partial charge on any atom is -0.365 e. The van der Waals surface area contributed by atoms with Crippen LogP contribution >= 0.6 is 11.6 Å². The van der Waals surface area contributed by atoms with E-state index in [0.29, 0.717) is 6.04 Å². The minimum absolute atomic E-state index is 0.131. The summed E-state index contributed by atoms with van der Waals surface area (Å²) in [4.78, 5) is 7.24. The van der Waals surface area contributed by atoms with Gasteiger partial charge in [-0.3, -0.25) is 0 Å². The first-order valence-electron chi connectivity index (χ1n) is 3.70. The first-order chi connectivity index (χ1) is 5.77. The Morgan fingerprint density at radius 3 is 2.92 bits per heavy atom. The van der Waals surface area contributed by atoms with E-state index in [1.54, 1.807) is 0 Å². The lowest BCUT2D eigenvalue weighted by Gasteiger charge is -2.03. The van der Waals surface area contributed by atoms with Crippen LogP contribution in [0.2, 0.25) is 5.15 Å². The first kappa shape index (κ1) is 7.73. The van der Waals surface area contributed by atoms with Crippen molar-refractivity contribution in [3.63, 3.8) is 0 Å². The van der Waals surface area contributed by atoms with E-state index in [9.17, 15) is 4.39 Å². The zero-order valence-electron chi connectivity index (χ0n) is 6.22. The summed E-state index contributed by atoms with van der Waals surface area (Å²) in [6.07, 6.45) is 3.39. The number of rotatable bonds is 2. The fourth-order valence-electron chi connectivity index (χ4n) is 0.870. The Morgan fingerprint density at radius 1 is 1.50 bits per heavy atom. The van der Waals surface area contributed by atoms with Gasteiger partial charge < -0.3 is 5.32 Å². The molecule has 1 fully saturated rings. The van der Waals surface area contributed by atoms with E-state index >= 15 is 0 Å². The van der Waals surface area contributed by atoms with E-state index in [-0.39, 0.29) is 11.0 Å². The lowest BCUT2D eigenvalue weighted by Crippen LogP contribution is -2.06. The second-order valence-electron chi connectivity index (χ2n) is 2.75. The molecule has 0 aliphatic heterocycles. The second kappa shape index (κ2) is 2.86. The Bertz CT molecular complexity index is 301. The van der Waals surface area contributed by atoms with Gasteiger partial charge in [-0.25, -0.2) is 9.97 Å². The fraction of sp³-hybridized carbons (Fsp3) is 0.429. The Kier molecular flexibility index (Phi) is 1.84. The molecular formula is C7H7ClFN3. The molecule has 5 heteroatoms. The van der Waals surface area contributed by atoms with Crippen molar-refractivity contribution in [2.75, 3.05) is 5.32 Å². The molecule has 1 aliphatic rings. The number of nitrogens with one attached hydrogen (secondary N) is 1. The fourth-order valence-corrected chi connectivity index (χ4v) is 1.00. The molecule has 0 saturated heterocycles. The summed E-state index contributed by atoms with van der Waals surface area (Å²) in [6.45, 7) is 0. The van der Waals surface area contributed by atoms with Crippen LogP contribution in [0.4, 0.5) is 10.2 Å². The van der Waals surface area contributed by atoms with Crippen LogP contribution < -0.4 is 5.32 Å².